The lowest BCUT2D eigenvalue weighted by molar-refractivity contribution is -0.0892. The molecule has 4 heteroatoms. The van der Waals surface area contributed by atoms with Gasteiger partial charge in [-0.25, -0.2) is 0 Å². The van der Waals surface area contributed by atoms with E-state index in [1.807, 2.05) is 11.8 Å². The largest absolute Gasteiger partial charge is 0.376 e. The van der Waals surface area contributed by atoms with E-state index in [0.29, 0.717) is 12.1 Å². The fourth-order valence-corrected chi connectivity index (χ4v) is 3.58. The van der Waals surface area contributed by atoms with Crippen molar-refractivity contribution in [1.82, 2.24) is 4.90 Å². The van der Waals surface area contributed by atoms with Gasteiger partial charge in [0.25, 0.3) is 0 Å². The monoisotopic (exact) mass is 216 g/mol. The fraction of sp³-hybridized carbons (Fsp3) is 1.00. The van der Waals surface area contributed by atoms with E-state index in [4.69, 9.17) is 10.5 Å². The minimum atomic E-state index is 0.280. The van der Waals surface area contributed by atoms with Crippen LogP contribution in [0.25, 0.3) is 0 Å². The van der Waals surface area contributed by atoms with Gasteiger partial charge in [0, 0.05) is 30.6 Å². The summed E-state index contributed by atoms with van der Waals surface area (Å²) >= 11 is 2.00. The van der Waals surface area contributed by atoms with E-state index >= 15 is 0 Å². The van der Waals surface area contributed by atoms with E-state index < -0.39 is 0 Å². The highest BCUT2D eigenvalue weighted by Crippen LogP contribution is 2.37. The van der Waals surface area contributed by atoms with E-state index in [-0.39, 0.29) is 5.54 Å². The zero-order chi connectivity index (χ0) is 10.2. The Balaban J connectivity index is 2.07. The van der Waals surface area contributed by atoms with Crippen LogP contribution in [0.3, 0.4) is 0 Å². The number of hydrogen-bond acceptors (Lipinski definition) is 4. The summed E-state index contributed by atoms with van der Waals surface area (Å²) in [5.74, 6) is 2.39. The molecule has 0 bridgehead atoms. The molecule has 0 amide bonds. The minimum absolute atomic E-state index is 0.280. The Labute approximate surface area is 90.3 Å². The number of thioether (sulfide) groups is 1. The van der Waals surface area contributed by atoms with Crippen LogP contribution in [-0.2, 0) is 4.74 Å². The van der Waals surface area contributed by atoms with E-state index in [0.717, 1.165) is 19.7 Å². The normalized spacial score (nSPS) is 37.9. The molecule has 2 unspecified atom stereocenters. The van der Waals surface area contributed by atoms with E-state index in [9.17, 15) is 0 Å². The molecule has 2 aliphatic heterocycles. The van der Waals surface area contributed by atoms with E-state index in [2.05, 4.69) is 18.7 Å². The Morgan fingerprint density at radius 2 is 2.21 bits per heavy atom. The van der Waals surface area contributed by atoms with Gasteiger partial charge in [0.05, 0.1) is 18.2 Å². The summed E-state index contributed by atoms with van der Waals surface area (Å²) in [6.45, 7) is 7.11. The van der Waals surface area contributed by atoms with Crippen molar-refractivity contribution in [2.75, 3.05) is 31.2 Å². The Bertz CT molecular complexity index is 203. The highest BCUT2D eigenvalue weighted by Gasteiger charge is 2.46. The molecule has 2 heterocycles. The first-order valence-electron chi connectivity index (χ1n) is 5.36. The average Bonchev–Trinajstić information content (AvgIpc) is 2.11. The lowest BCUT2D eigenvalue weighted by atomic mass is 9.96. The minimum Gasteiger partial charge on any atom is -0.376 e. The van der Waals surface area contributed by atoms with Gasteiger partial charge < -0.3 is 10.5 Å². The number of nitrogens with two attached hydrogens (primary N) is 1. The molecule has 2 atom stereocenters. The topological polar surface area (TPSA) is 38.5 Å². The molecule has 14 heavy (non-hydrogen) atoms. The molecule has 0 aliphatic carbocycles. The summed E-state index contributed by atoms with van der Waals surface area (Å²) in [6, 6.07) is 0.508. The van der Waals surface area contributed by atoms with Gasteiger partial charge in [-0.15, -0.1) is 0 Å². The first-order chi connectivity index (χ1) is 6.69. The molecule has 82 valence electrons. The molecule has 2 aliphatic rings. The Hall–Kier alpha value is 0.230. The lowest BCUT2D eigenvalue weighted by Gasteiger charge is -2.54. The van der Waals surface area contributed by atoms with Gasteiger partial charge in [0.15, 0.2) is 0 Å². The standard InChI is InChI=1S/C10H20N2OS/c1-8-9(2)13-4-3-12(8)10(5-11)6-14-7-10/h8-9H,3-7,11H2,1-2H3. The first-order valence-corrected chi connectivity index (χ1v) is 6.51. The average molecular weight is 216 g/mol. The number of nitrogens with zero attached hydrogens (tertiary/aromatic N) is 1. The fourth-order valence-electron chi connectivity index (χ4n) is 2.34. The second kappa shape index (κ2) is 4.00. The molecule has 0 aromatic rings. The highest BCUT2D eigenvalue weighted by molar-refractivity contribution is 8.00. The number of rotatable bonds is 2. The SMILES string of the molecule is CC1OCCN(C2(CN)CSC2)C1C. The molecule has 3 nitrogen and oxygen atoms in total. The smallest absolute Gasteiger partial charge is 0.0700 e. The lowest BCUT2D eigenvalue weighted by Crippen LogP contribution is -2.68. The maximum Gasteiger partial charge on any atom is 0.0700 e. The first kappa shape index (κ1) is 10.7. The van der Waals surface area contributed by atoms with Crippen molar-refractivity contribution in [2.24, 2.45) is 5.73 Å². The Kier molecular flexibility index (Phi) is 3.07. The molecule has 2 saturated heterocycles. The van der Waals surface area contributed by atoms with Gasteiger partial charge in [-0.1, -0.05) is 0 Å². The van der Waals surface area contributed by atoms with Crippen molar-refractivity contribution in [3.8, 4) is 0 Å². The maximum atomic E-state index is 5.91. The van der Waals surface area contributed by atoms with Crippen LogP contribution < -0.4 is 5.73 Å². The van der Waals surface area contributed by atoms with Crippen LogP contribution in [0, 0.1) is 0 Å². The number of hydrogen-bond donors (Lipinski definition) is 1. The second-order valence-corrected chi connectivity index (χ2v) is 5.42. The van der Waals surface area contributed by atoms with Crippen molar-refractivity contribution >= 4 is 11.8 Å². The van der Waals surface area contributed by atoms with Crippen LogP contribution in [0.5, 0.6) is 0 Å². The molecule has 2 fully saturated rings. The van der Waals surface area contributed by atoms with Crippen molar-refractivity contribution in [3.05, 3.63) is 0 Å². The molecular weight excluding hydrogens is 196 g/mol. The number of morpholine rings is 1. The third kappa shape index (κ3) is 1.58. The summed E-state index contributed by atoms with van der Waals surface area (Å²) in [5, 5.41) is 0. The van der Waals surface area contributed by atoms with Crippen molar-refractivity contribution in [2.45, 2.75) is 31.5 Å². The molecular formula is C10H20N2OS. The quantitative estimate of drug-likeness (QED) is 0.731. The van der Waals surface area contributed by atoms with Crippen molar-refractivity contribution in [1.29, 1.82) is 0 Å². The van der Waals surface area contributed by atoms with Gasteiger partial charge in [-0.05, 0) is 13.8 Å². The molecule has 0 spiro atoms. The summed E-state index contributed by atoms with van der Waals surface area (Å²) < 4.78 is 5.64. The van der Waals surface area contributed by atoms with Gasteiger partial charge in [-0.3, -0.25) is 4.90 Å². The predicted molar refractivity (Wildman–Crippen MR) is 60.7 cm³/mol. The van der Waals surface area contributed by atoms with Crippen LogP contribution in [0.4, 0.5) is 0 Å². The summed E-state index contributed by atoms with van der Waals surface area (Å²) in [5.41, 5.74) is 6.19. The van der Waals surface area contributed by atoms with Gasteiger partial charge in [-0.2, -0.15) is 11.8 Å². The molecule has 0 saturated carbocycles. The van der Waals surface area contributed by atoms with Crippen LogP contribution >= 0.6 is 11.8 Å². The molecule has 0 radical (unpaired) electrons. The van der Waals surface area contributed by atoms with Crippen LogP contribution in [0.1, 0.15) is 13.8 Å². The maximum absolute atomic E-state index is 5.91. The third-order valence-electron chi connectivity index (χ3n) is 3.61. The Morgan fingerprint density at radius 1 is 1.50 bits per heavy atom. The van der Waals surface area contributed by atoms with Crippen LogP contribution in [0.2, 0.25) is 0 Å². The molecule has 0 aromatic carbocycles. The Morgan fingerprint density at radius 3 is 2.71 bits per heavy atom. The summed E-state index contributed by atoms with van der Waals surface area (Å²) in [6.07, 6.45) is 0.345. The second-order valence-electron chi connectivity index (χ2n) is 4.43. The molecule has 2 N–H and O–H groups in total. The van der Waals surface area contributed by atoms with Gasteiger partial charge in [0.1, 0.15) is 0 Å². The van der Waals surface area contributed by atoms with Crippen molar-refractivity contribution in [3.63, 3.8) is 0 Å². The molecule has 2 rings (SSSR count). The zero-order valence-corrected chi connectivity index (χ0v) is 9.85. The van der Waals surface area contributed by atoms with E-state index in [1.165, 1.54) is 11.5 Å². The van der Waals surface area contributed by atoms with Gasteiger partial charge >= 0.3 is 0 Å². The number of ether oxygens (including phenoxy) is 1. The van der Waals surface area contributed by atoms with E-state index in [1.54, 1.807) is 0 Å². The van der Waals surface area contributed by atoms with Gasteiger partial charge in [0.2, 0.25) is 0 Å². The van der Waals surface area contributed by atoms with Crippen molar-refractivity contribution < 1.29 is 4.74 Å². The molecule has 0 aromatic heterocycles. The summed E-state index contributed by atoms with van der Waals surface area (Å²) in [7, 11) is 0. The summed E-state index contributed by atoms with van der Waals surface area (Å²) in [4.78, 5) is 2.57. The predicted octanol–water partition coefficient (Wildman–Crippen LogP) is 0.540. The third-order valence-corrected chi connectivity index (χ3v) is 5.10. The van der Waals surface area contributed by atoms with Crippen LogP contribution in [-0.4, -0.2) is 53.8 Å². The zero-order valence-electron chi connectivity index (χ0n) is 9.03. The van der Waals surface area contributed by atoms with Crippen LogP contribution in [0.15, 0.2) is 0 Å². The highest BCUT2D eigenvalue weighted by atomic mass is 32.2.